The Balaban J connectivity index is 1.52. The Morgan fingerprint density at radius 3 is 2.26 bits per heavy atom. The van der Waals surface area contributed by atoms with Crippen LogP contribution in [0.1, 0.15) is 28.4 Å². The maximum Gasteiger partial charge on any atom is 0.308 e. The standard InChI is InChI=1S/C22H25N3O4S2/c1-4-25-19-6-5-18(14-20(19)30-22(25)27)31(28,29)24-9-7-23(8-10-24)21(26)17-12-15(2)11-16(3)13-17/h5-6,11-14H,4,7-10H2,1-3H3. The lowest BCUT2D eigenvalue weighted by Crippen LogP contribution is -2.50. The van der Waals surface area contributed by atoms with Gasteiger partial charge in [0, 0.05) is 38.3 Å². The third-order valence-corrected chi connectivity index (χ3v) is 8.42. The van der Waals surface area contributed by atoms with Crippen LogP contribution in [0.3, 0.4) is 0 Å². The molecule has 1 amide bonds. The molecular formula is C22H25N3O4S2. The molecule has 0 N–H and O–H groups in total. The van der Waals surface area contributed by atoms with Gasteiger partial charge in [-0.1, -0.05) is 28.5 Å². The first-order valence-electron chi connectivity index (χ1n) is 10.2. The number of sulfonamides is 1. The number of carbonyl (C=O) groups is 1. The van der Waals surface area contributed by atoms with Crippen molar-refractivity contribution in [3.8, 4) is 0 Å². The Hall–Kier alpha value is -2.49. The minimum absolute atomic E-state index is 0.0732. The molecule has 2 aromatic carbocycles. The molecule has 0 atom stereocenters. The lowest BCUT2D eigenvalue weighted by molar-refractivity contribution is 0.0697. The molecule has 0 spiro atoms. The third-order valence-electron chi connectivity index (χ3n) is 5.59. The van der Waals surface area contributed by atoms with Crippen LogP contribution in [0.2, 0.25) is 0 Å². The van der Waals surface area contributed by atoms with E-state index in [9.17, 15) is 18.0 Å². The second-order valence-electron chi connectivity index (χ2n) is 7.81. The topological polar surface area (TPSA) is 79.7 Å². The molecule has 0 unspecified atom stereocenters. The van der Waals surface area contributed by atoms with Gasteiger partial charge in [0.25, 0.3) is 5.91 Å². The number of benzene rings is 2. The molecule has 1 aromatic heterocycles. The summed E-state index contributed by atoms with van der Waals surface area (Å²) < 4.78 is 30.1. The van der Waals surface area contributed by atoms with Gasteiger partial charge >= 0.3 is 4.87 Å². The van der Waals surface area contributed by atoms with E-state index in [0.717, 1.165) is 28.0 Å². The molecule has 0 aliphatic carbocycles. The average molecular weight is 460 g/mol. The van der Waals surface area contributed by atoms with Gasteiger partial charge in [-0.3, -0.25) is 14.2 Å². The molecule has 2 heterocycles. The summed E-state index contributed by atoms with van der Waals surface area (Å²) >= 11 is 1.06. The van der Waals surface area contributed by atoms with E-state index < -0.39 is 10.0 Å². The molecule has 3 aromatic rings. The van der Waals surface area contributed by atoms with Crippen LogP contribution in [0.4, 0.5) is 0 Å². The van der Waals surface area contributed by atoms with Gasteiger partial charge in [0.05, 0.1) is 15.1 Å². The van der Waals surface area contributed by atoms with Gasteiger partial charge in [-0.2, -0.15) is 4.31 Å². The van der Waals surface area contributed by atoms with E-state index in [1.165, 1.54) is 4.31 Å². The van der Waals surface area contributed by atoms with E-state index in [1.807, 2.05) is 39.0 Å². The van der Waals surface area contributed by atoms with Crippen LogP contribution >= 0.6 is 11.3 Å². The molecule has 1 aliphatic rings. The monoisotopic (exact) mass is 459 g/mol. The number of nitrogens with zero attached hydrogens (tertiary/aromatic N) is 3. The molecule has 1 aliphatic heterocycles. The van der Waals surface area contributed by atoms with Crippen LogP contribution in [0.15, 0.2) is 46.1 Å². The lowest BCUT2D eigenvalue weighted by Gasteiger charge is -2.34. The Morgan fingerprint density at radius 2 is 1.65 bits per heavy atom. The predicted octanol–water partition coefficient (Wildman–Crippen LogP) is 2.85. The van der Waals surface area contributed by atoms with Crippen molar-refractivity contribution in [3.05, 3.63) is 62.8 Å². The van der Waals surface area contributed by atoms with E-state index >= 15 is 0 Å². The number of aromatic nitrogens is 1. The zero-order chi connectivity index (χ0) is 22.3. The molecule has 164 valence electrons. The van der Waals surface area contributed by atoms with Crippen molar-refractivity contribution in [1.82, 2.24) is 13.8 Å². The maximum absolute atomic E-state index is 13.2. The number of amides is 1. The summed E-state index contributed by atoms with van der Waals surface area (Å²) in [5, 5.41) is 0. The molecule has 7 nitrogen and oxygen atoms in total. The Bertz CT molecular complexity index is 1300. The fraction of sp³-hybridized carbons (Fsp3) is 0.364. The van der Waals surface area contributed by atoms with Gasteiger partial charge in [0.15, 0.2) is 0 Å². The van der Waals surface area contributed by atoms with Crippen molar-refractivity contribution in [1.29, 1.82) is 0 Å². The molecule has 1 fully saturated rings. The fourth-order valence-corrected chi connectivity index (χ4v) is 6.59. The van der Waals surface area contributed by atoms with Crippen molar-refractivity contribution < 1.29 is 13.2 Å². The third kappa shape index (κ3) is 4.05. The zero-order valence-electron chi connectivity index (χ0n) is 17.8. The van der Waals surface area contributed by atoms with Crippen molar-refractivity contribution >= 4 is 37.5 Å². The molecule has 9 heteroatoms. The highest BCUT2D eigenvalue weighted by molar-refractivity contribution is 7.89. The number of hydrogen-bond acceptors (Lipinski definition) is 5. The van der Waals surface area contributed by atoms with Gasteiger partial charge < -0.3 is 4.90 Å². The summed E-state index contributed by atoms with van der Waals surface area (Å²) in [6, 6.07) is 10.6. The van der Waals surface area contributed by atoms with Crippen molar-refractivity contribution in [2.45, 2.75) is 32.2 Å². The summed E-state index contributed by atoms with van der Waals surface area (Å²) in [7, 11) is -3.70. The summed E-state index contributed by atoms with van der Waals surface area (Å²) in [6.07, 6.45) is 0. The van der Waals surface area contributed by atoms with Gasteiger partial charge in [-0.15, -0.1) is 0 Å². The highest BCUT2D eigenvalue weighted by Crippen LogP contribution is 2.25. The van der Waals surface area contributed by atoms with Gasteiger partial charge in [-0.25, -0.2) is 8.42 Å². The van der Waals surface area contributed by atoms with Crippen molar-refractivity contribution in [2.24, 2.45) is 0 Å². The number of aryl methyl sites for hydroxylation is 3. The van der Waals surface area contributed by atoms with E-state index in [0.29, 0.717) is 29.9 Å². The second-order valence-corrected chi connectivity index (χ2v) is 10.7. The van der Waals surface area contributed by atoms with E-state index in [-0.39, 0.29) is 28.8 Å². The number of rotatable bonds is 4. The number of hydrogen-bond donors (Lipinski definition) is 0. The zero-order valence-corrected chi connectivity index (χ0v) is 19.4. The Labute approximate surface area is 185 Å². The highest BCUT2D eigenvalue weighted by Gasteiger charge is 2.31. The summed E-state index contributed by atoms with van der Waals surface area (Å²) in [6.45, 7) is 7.50. The van der Waals surface area contributed by atoms with Crippen LogP contribution in [-0.4, -0.2) is 54.3 Å². The van der Waals surface area contributed by atoms with Crippen molar-refractivity contribution in [3.63, 3.8) is 0 Å². The maximum atomic E-state index is 13.2. The Kier molecular flexibility index (Phi) is 5.76. The minimum Gasteiger partial charge on any atom is -0.336 e. The molecule has 0 saturated carbocycles. The largest absolute Gasteiger partial charge is 0.336 e. The van der Waals surface area contributed by atoms with Crippen molar-refractivity contribution in [2.75, 3.05) is 26.2 Å². The smallest absolute Gasteiger partial charge is 0.308 e. The molecule has 4 rings (SSSR count). The van der Waals surface area contributed by atoms with Gasteiger partial charge in [-0.05, 0) is 51.1 Å². The van der Waals surface area contributed by atoms with E-state index in [2.05, 4.69) is 0 Å². The van der Waals surface area contributed by atoms with E-state index in [4.69, 9.17) is 0 Å². The predicted molar refractivity (Wildman–Crippen MR) is 122 cm³/mol. The quantitative estimate of drug-likeness (QED) is 0.601. The fourth-order valence-electron chi connectivity index (χ4n) is 4.07. The summed E-state index contributed by atoms with van der Waals surface area (Å²) in [5.41, 5.74) is 3.44. The highest BCUT2D eigenvalue weighted by atomic mass is 32.2. The molecule has 0 radical (unpaired) electrons. The minimum atomic E-state index is -3.70. The number of piperazine rings is 1. The summed E-state index contributed by atoms with van der Waals surface area (Å²) in [4.78, 5) is 26.7. The average Bonchev–Trinajstić information content (AvgIpc) is 3.06. The molecule has 1 saturated heterocycles. The van der Waals surface area contributed by atoms with Gasteiger partial charge in [0.1, 0.15) is 0 Å². The first-order valence-corrected chi connectivity index (χ1v) is 12.5. The van der Waals surface area contributed by atoms with Gasteiger partial charge in [0.2, 0.25) is 10.0 Å². The number of carbonyl (C=O) groups excluding carboxylic acids is 1. The summed E-state index contributed by atoms with van der Waals surface area (Å²) in [5.74, 6) is -0.0732. The number of fused-ring (bicyclic) bond motifs is 1. The van der Waals surface area contributed by atoms with E-state index in [1.54, 1.807) is 27.7 Å². The molecule has 31 heavy (non-hydrogen) atoms. The van der Waals surface area contributed by atoms with Crippen LogP contribution in [0.5, 0.6) is 0 Å². The lowest BCUT2D eigenvalue weighted by atomic mass is 10.1. The first kappa shape index (κ1) is 21.7. The molecular weight excluding hydrogens is 434 g/mol. The van der Waals surface area contributed by atoms with Crippen LogP contribution < -0.4 is 4.87 Å². The number of thiazole rings is 1. The first-order chi connectivity index (χ1) is 14.7. The Morgan fingerprint density at radius 1 is 1.00 bits per heavy atom. The molecule has 0 bridgehead atoms. The SMILES string of the molecule is CCn1c(=O)sc2cc(S(=O)(=O)N3CCN(C(=O)c4cc(C)cc(C)c4)CC3)ccc21. The van der Waals surface area contributed by atoms with Crippen LogP contribution in [0, 0.1) is 13.8 Å². The van der Waals surface area contributed by atoms with Crippen LogP contribution in [0.25, 0.3) is 10.2 Å². The normalized spacial score (nSPS) is 15.5. The second kappa shape index (κ2) is 8.22. The van der Waals surface area contributed by atoms with Crippen LogP contribution in [-0.2, 0) is 16.6 Å².